The van der Waals surface area contributed by atoms with Gasteiger partial charge in [-0.2, -0.15) is 0 Å². The lowest BCUT2D eigenvalue weighted by Gasteiger charge is -2.16. The number of hydrogen-bond acceptors (Lipinski definition) is 5. The number of hydrogen-bond donors (Lipinski definition) is 2. The highest BCUT2D eigenvalue weighted by atomic mass is 32.2. The third-order valence-corrected chi connectivity index (χ3v) is 6.21. The predicted molar refractivity (Wildman–Crippen MR) is 115 cm³/mol. The van der Waals surface area contributed by atoms with Gasteiger partial charge >= 0.3 is 0 Å². The first kappa shape index (κ1) is 19.8. The number of fused-ring (bicyclic) bond motifs is 1. The summed E-state index contributed by atoms with van der Waals surface area (Å²) in [6, 6.07) is 8.29. The molecule has 1 aliphatic carbocycles. The highest BCUT2D eigenvalue weighted by Gasteiger charge is 2.18. The molecule has 0 atom stereocenters. The van der Waals surface area contributed by atoms with Gasteiger partial charge in [-0.3, -0.25) is 9.78 Å². The zero-order valence-corrected chi connectivity index (χ0v) is 17.6. The number of carbonyl (C=O) groups is 1. The minimum Gasteiger partial charge on any atom is -0.483 e. The fraction of sp³-hybridized carbons (Fsp3) is 0.409. The van der Waals surface area contributed by atoms with Crippen LogP contribution in [-0.2, 0) is 10.5 Å². The molecule has 1 amide bonds. The van der Waals surface area contributed by atoms with E-state index in [1.807, 2.05) is 44.3 Å². The van der Waals surface area contributed by atoms with Crippen LogP contribution in [0.15, 0.2) is 35.6 Å². The minimum atomic E-state index is -0.0503. The van der Waals surface area contributed by atoms with Crippen LogP contribution in [0.3, 0.4) is 0 Å². The lowest BCUT2D eigenvalue weighted by molar-refractivity contribution is -0.123. The molecule has 1 aromatic carbocycles. The number of thioether (sulfide) groups is 1. The first-order valence-electron chi connectivity index (χ1n) is 10.0. The second kappa shape index (κ2) is 8.86. The van der Waals surface area contributed by atoms with Crippen molar-refractivity contribution in [3.05, 3.63) is 47.3 Å². The quantitative estimate of drug-likeness (QED) is 0.568. The van der Waals surface area contributed by atoms with E-state index >= 15 is 0 Å². The average molecular weight is 411 g/mol. The summed E-state index contributed by atoms with van der Waals surface area (Å²) in [6.07, 6.45) is 6.34. The summed E-state index contributed by atoms with van der Waals surface area (Å²) in [5.74, 6) is 1.38. The smallest absolute Gasteiger partial charge is 0.258 e. The number of pyridine rings is 1. The zero-order valence-electron chi connectivity index (χ0n) is 16.8. The van der Waals surface area contributed by atoms with E-state index in [9.17, 15) is 4.79 Å². The molecule has 0 bridgehead atoms. The highest BCUT2D eigenvalue weighted by Crippen LogP contribution is 2.29. The molecule has 0 unspecified atom stereocenters. The zero-order chi connectivity index (χ0) is 20.2. The van der Waals surface area contributed by atoms with E-state index in [1.165, 1.54) is 12.8 Å². The van der Waals surface area contributed by atoms with E-state index in [-0.39, 0.29) is 12.5 Å². The van der Waals surface area contributed by atoms with Gasteiger partial charge in [-0.1, -0.05) is 36.7 Å². The Kier molecular flexibility index (Phi) is 6.04. The van der Waals surface area contributed by atoms with Gasteiger partial charge < -0.3 is 15.0 Å². The maximum atomic E-state index is 12.2. The van der Waals surface area contributed by atoms with Gasteiger partial charge in [0.1, 0.15) is 5.75 Å². The van der Waals surface area contributed by atoms with Crippen LogP contribution in [0.5, 0.6) is 5.75 Å². The van der Waals surface area contributed by atoms with Crippen LogP contribution >= 0.6 is 11.8 Å². The lowest BCUT2D eigenvalue weighted by atomic mass is 10.1. The molecule has 2 aromatic heterocycles. The number of para-hydroxylation sites is 2. The first-order valence-corrected chi connectivity index (χ1v) is 11.0. The molecule has 6 nitrogen and oxygen atoms in total. The van der Waals surface area contributed by atoms with Crippen LogP contribution in [0.25, 0.3) is 11.0 Å². The van der Waals surface area contributed by atoms with E-state index in [0.717, 1.165) is 51.6 Å². The molecule has 7 heteroatoms. The summed E-state index contributed by atoms with van der Waals surface area (Å²) in [4.78, 5) is 24.7. The molecule has 152 valence electrons. The molecular weight excluding hydrogens is 384 g/mol. The summed E-state index contributed by atoms with van der Waals surface area (Å²) in [7, 11) is 0. The van der Waals surface area contributed by atoms with Gasteiger partial charge in [0.2, 0.25) is 0 Å². The SMILES string of the molecule is Cc1cnc(CSc2nc3ccccc3[nH]2)c(C)c1OCC(=O)NC1CCCC1. The number of benzene rings is 1. The van der Waals surface area contributed by atoms with Gasteiger partial charge in [-0.15, -0.1) is 0 Å². The van der Waals surface area contributed by atoms with Crippen molar-refractivity contribution in [3.63, 3.8) is 0 Å². The molecule has 29 heavy (non-hydrogen) atoms. The number of nitrogens with zero attached hydrogens (tertiary/aromatic N) is 2. The van der Waals surface area contributed by atoms with E-state index in [1.54, 1.807) is 11.8 Å². The van der Waals surface area contributed by atoms with Crippen LogP contribution in [0.1, 0.15) is 42.5 Å². The second-order valence-electron chi connectivity index (χ2n) is 7.53. The Labute approximate surface area is 174 Å². The molecule has 1 saturated carbocycles. The average Bonchev–Trinajstić information content (AvgIpc) is 3.36. The fourth-order valence-corrected chi connectivity index (χ4v) is 4.65. The van der Waals surface area contributed by atoms with Gasteiger partial charge in [-0.05, 0) is 38.8 Å². The number of ether oxygens (including phenoxy) is 1. The van der Waals surface area contributed by atoms with Crippen molar-refractivity contribution in [2.75, 3.05) is 6.61 Å². The Morgan fingerprint density at radius 2 is 2.07 bits per heavy atom. The summed E-state index contributed by atoms with van der Waals surface area (Å²) in [5.41, 5.74) is 4.84. The number of H-pyrrole nitrogens is 1. The van der Waals surface area contributed by atoms with Crippen LogP contribution in [0.4, 0.5) is 0 Å². The number of imidazole rings is 1. The van der Waals surface area contributed by atoms with Gasteiger partial charge in [0.15, 0.2) is 11.8 Å². The number of carbonyl (C=O) groups excluding carboxylic acids is 1. The van der Waals surface area contributed by atoms with Crippen LogP contribution in [-0.4, -0.2) is 33.5 Å². The monoisotopic (exact) mass is 410 g/mol. The van der Waals surface area contributed by atoms with Crippen molar-refractivity contribution in [2.45, 2.75) is 56.5 Å². The molecule has 0 radical (unpaired) electrons. The predicted octanol–water partition coefficient (Wildman–Crippen LogP) is 4.30. The topological polar surface area (TPSA) is 79.9 Å². The van der Waals surface area contributed by atoms with Gasteiger partial charge in [0.25, 0.3) is 5.91 Å². The fourth-order valence-electron chi connectivity index (χ4n) is 3.74. The summed E-state index contributed by atoms with van der Waals surface area (Å²) < 4.78 is 5.90. The molecule has 2 N–H and O–H groups in total. The lowest BCUT2D eigenvalue weighted by Crippen LogP contribution is -2.36. The number of aromatic amines is 1. The van der Waals surface area contributed by atoms with Crippen molar-refractivity contribution in [1.29, 1.82) is 0 Å². The number of aromatic nitrogens is 3. The second-order valence-corrected chi connectivity index (χ2v) is 8.49. The van der Waals surface area contributed by atoms with E-state index in [2.05, 4.69) is 20.3 Å². The van der Waals surface area contributed by atoms with Gasteiger partial charge in [0, 0.05) is 29.1 Å². The highest BCUT2D eigenvalue weighted by molar-refractivity contribution is 7.98. The van der Waals surface area contributed by atoms with Crippen molar-refractivity contribution in [2.24, 2.45) is 0 Å². The normalized spacial score (nSPS) is 14.4. The van der Waals surface area contributed by atoms with Crippen LogP contribution < -0.4 is 10.1 Å². The van der Waals surface area contributed by atoms with E-state index in [4.69, 9.17) is 4.74 Å². The molecule has 4 rings (SSSR count). The number of rotatable bonds is 7. The Morgan fingerprint density at radius 3 is 2.86 bits per heavy atom. The largest absolute Gasteiger partial charge is 0.483 e. The van der Waals surface area contributed by atoms with Gasteiger partial charge in [-0.25, -0.2) is 4.98 Å². The molecule has 1 aliphatic rings. The number of aryl methyl sites for hydroxylation is 1. The first-order chi connectivity index (χ1) is 14.1. The molecule has 2 heterocycles. The van der Waals surface area contributed by atoms with E-state index < -0.39 is 0 Å². The third kappa shape index (κ3) is 4.72. The summed E-state index contributed by atoms with van der Waals surface area (Å²) in [6.45, 7) is 4.00. The molecular formula is C22H26N4O2S. The third-order valence-electron chi connectivity index (χ3n) is 5.33. The Balaban J connectivity index is 1.39. The van der Waals surface area contributed by atoms with Crippen molar-refractivity contribution in [1.82, 2.24) is 20.3 Å². The molecule has 1 fully saturated rings. The molecule has 0 aliphatic heterocycles. The van der Waals surface area contributed by atoms with Gasteiger partial charge in [0.05, 0.1) is 16.7 Å². The Hall–Kier alpha value is -2.54. The molecule has 0 spiro atoms. The van der Waals surface area contributed by atoms with Crippen molar-refractivity contribution < 1.29 is 9.53 Å². The standard InChI is InChI=1S/C22H26N4O2S/c1-14-11-23-19(13-29-22-25-17-9-5-6-10-18(17)26-22)15(2)21(14)28-12-20(27)24-16-7-3-4-8-16/h5-6,9-11,16H,3-4,7-8,12-13H2,1-2H3,(H,24,27)(H,25,26). The number of nitrogens with one attached hydrogen (secondary N) is 2. The maximum absolute atomic E-state index is 12.2. The maximum Gasteiger partial charge on any atom is 0.258 e. The van der Waals surface area contributed by atoms with E-state index in [0.29, 0.717) is 11.8 Å². The van der Waals surface area contributed by atoms with Crippen LogP contribution in [0.2, 0.25) is 0 Å². The Bertz CT molecular complexity index is 978. The summed E-state index contributed by atoms with van der Waals surface area (Å²) >= 11 is 1.61. The molecule has 0 saturated heterocycles. The minimum absolute atomic E-state index is 0.0400. The van der Waals surface area contributed by atoms with Crippen LogP contribution in [0, 0.1) is 13.8 Å². The van der Waals surface area contributed by atoms with Crippen molar-refractivity contribution >= 4 is 28.7 Å². The molecule has 3 aromatic rings. The number of amides is 1. The Morgan fingerprint density at radius 1 is 1.28 bits per heavy atom. The van der Waals surface area contributed by atoms with Crippen molar-refractivity contribution in [3.8, 4) is 5.75 Å². The summed E-state index contributed by atoms with van der Waals surface area (Å²) in [5, 5.41) is 3.93.